The second-order valence-corrected chi connectivity index (χ2v) is 11.0. The molecule has 0 fully saturated rings. The van der Waals surface area contributed by atoms with E-state index in [2.05, 4.69) is 179 Å². The Balaban J connectivity index is 2.60. The number of hydrogen-bond acceptors (Lipinski definition) is 0. The maximum atomic E-state index is 2.30. The lowest BCUT2D eigenvalue weighted by Crippen LogP contribution is -1.89. The van der Waals surface area contributed by atoms with Crippen molar-refractivity contribution < 1.29 is 0 Å². The van der Waals surface area contributed by atoms with Gasteiger partial charge in [0, 0.05) is 0 Å². The molecule has 0 N–H and O–H groups in total. The SMILES string of the molecule is CC(C)=CCC/C(C)=C/C=C/C(C)=C/C=C/C(C)=C/C=C/C=C(C)/C=C/C=C(C)\C=C\c1c(C)ccc(C)c1C. The van der Waals surface area contributed by atoms with Crippen molar-refractivity contribution in [1.82, 2.24) is 0 Å². The van der Waals surface area contributed by atoms with Crippen LogP contribution in [-0.2, 0) is 0 Å². The minimum atomic E-state index is 1.11. The molecule has 0 saturated heterocycles. The number of hydrogen-bond donors (Lipinski definition) is 0. The maximum absolute atomic E-state index is 2.30. The Labute approximate surface area is 246 Å². The van der Waals surface area contributed by atoms with Crippen molar-refractivity contribution in [2.45, 2.75) is 82.1 Å². The minimum absolute atomic E-state index is 1.11. The van der Waals surface area contributed by atoms with E-state index >= 15 is 0 Å². The molecule has 1 rings (SSSR count). The van der Waals surface area contributed by atoms with Crippen LogP contribution in [0.1, 0.15) is 83.6 Å². The molecule has 0 atom stereocenters. The summed E-state index contributed by atoms with van der Waals surface area (Å²) in [6.45, 7) is 21.6. The first-order chi connectivity index (χ1) is 19.0. The van der Waals surface area contributed by atoms with Gasteiger partial charge in [0.2, 0.25) is 0 Å². The normalized spacial score (nSPS) is 14.7. The Kier molecular flexibility index (Phi) is 16.7. The summed E-state index contributed by atoms with van der Waals surface area (Å²) in [5.41, 5.74) is 13.0. The van der Waals surface area contributed by atoms with E-state index < -0.39 is 0 Å². The molecule has 0 bridgehead atoms. The number of rotatable bonds is 13. The van der Waals surface area contributed by atoms with E-state index in [-0.39, 0.29) is 0 Å². The molecule has 0 spiro atoms. The molecule has 0 radical (unpaired) electrons. The molecule has 1 aromatic carbocycles. The highest BCUT2D eigenvalue weighted by Gasteiger charge is 2.01. The van der Waals surface area contributed by atoms with Crippen molar-refractivity contribution in [3.63, 3.8) is 0 Å². The predicted molar refractivity (Wildman–Crippen MR) is 184 cm³/mol. The van der Waals surface area contributed by atoms with Crippen molar-refractivity contribution >= 4 is 6.08 Å². The smallest absolute Gasteiger partial charge is 0.0195 e. The molecular formula is C40H52. The molecule has 212 valence electrons. The van der Waals surface area contributed by atoms with E-state index in [1.54, 1.807) is 0 Å². The van der Waals surface area contributed by atoms with Crippen LogP contribution in [0.15, 0.2) is 137 Å². The molecule has 40 heavy (non-hydrogen) atoms. The molecule has 0 heterocycles. The molecule has 0 heteroatoms. The molecule has 0 aliphatic heterocycles. The predicted octanol–water partition coefficient (Wildman–Crippen LogP) is 12.3. The molecule has 0 unspecified atom stereocenters. The van der Waals surface area contributed by atoms with Gasteiger partial charge in [0.25, 0.3) is 0 Å². The summed E-state index contributed by atoms with van der Waals surface area (Å²) in [7, 11) is 0. The average molecular weight is 533 g/mol. The zero-order valence-electron chi connectivity index (χ0n) is 26.8. The Hall–Kier alpha value is -3.64. The van der Waals surface area contributed by atoms with Crippen LogP contribution in [0.3, 0.4) is 0 Å². The molecule has 0 nitrogen and oxygen atoms in total. The van der Waals surface area contributed by atoms with Gasteiger partial charge in [-0.2, -0.15) is 0 Å². The highest BCUT2D eigenvalue weighted by molar-refractivity contribution is 5.61. The van der Waals surface area contributed by atoms with Crippen LogP contribution >= 0.6 is 0 Å². The topological polar surface area (TPSA) is 0 Å². The fourth-order valence-electron chi connectivity index (χ4n) is 3.82. The van der Waals surface area contributed by atoms with E-state index in [1.165, 1.54) is 55.7 Å². The van der Waals surface area contributed by atoms with Gasteiger partial charge >= 0.3 is 0 Å². The number of aryl methyl sites for hydroxylation is 2. The lowest BCUT2D eigenvalue weighted by Gasteiger charge is -2.08. The fourth-order valence-corrected chi connectivity index (χ4v) is 3.82. The number of allylic oxidation sites excluding steroid dienone is 21. The summed E-state index contributed by atoms with van der Waals surface area (Å²) in [6.07, 6.45) is 36.7. The molecule has 0 aromatic heterocycles. The summed E-state index contributed by atoms with van der Waals surface area (Å²) < 4.78 is 0. The average Bonchev–Trinajstić information content (AvgIpc) is 2.88. The molecule has 1 aromatic rings. The highest BCUT2D eigenvalue weighted by Crippen LogP contribution is 2.19. The first kappa shape index (κ1) is 34.4. The highest BCUT2D eigenvalue weighted by atomic mass is 14.1. The molecule has 0 saturated carbocycles. The molecular weight excluding hydrogens is 480 g/mol. The van der Waals surface area contributed by atoms with E-state index in [9.17, 15) is 0 Å². The summed E-state index contributed by atoms with van der Waals surface area (Å²) >= 11 is 0. The summed E-state index contributed by atoms with van der Waals surface area (Å²) in [5.74, 6) is 0. The first-order valence-corrected chi connectivity index (χ1v) is 14.4. The third kappa shape index (κ3) is 15.7. The standard InChI is InChI=1S/C40H52/c1-31(2)17-13-20-34(5)23-15-25-35(6)24-14-21-32(3)18-11-12-19-33(4)22-16-26-36(7)27-30-40-38(9)29-28-37(8)39(40)10/h11-12,14-19,21-30H,13,20H2,1-10H3/b12-11+,21-14+,22-16+,25-15+,30-27+,32-18+,33-19+,34-23+,35-24+,36-26-. The van der Waals surface area contributed by atoms with Crippen LogP contribution in [0, 0.1) is 20.8 Å². The molecule has 0 aliphatic carbocycles. The molecule has 0 amide bonds. The van der Waals surface area contributed by atoms with Gasteiger partial charge < -0.3 is 0 Å². The first-order valence-electron chi connectivity index (χ1n) is 14.4. The Bertz CT molecular complexity index is 1290. The zero-order valence-corrected chi connectivity index (χ0v) is 26.8. The van der Waals surface area contributed by atoms with E-state index in [1.807, 2.05) is 0 Å². The summed E-state index contributed by atoms with van der Waals surface area (Å²) in [6, 6.07) is 4.39. The Morgan fingerprint density at radius 3 is 1.52 bits per heavy atom. The van der Waals surface area contributed by atoms with Crippen molar-refractivity contribution in [2.75, 3.05) is 0 Å². The second kappa shape index (κ2) is 19.4. The Morgan fingerprint density at radius 1 is 0.550 bits per heavy atom. The van der Waals surface area contributed by atoms with E-state index in [0.29, 0.717) is 0 Å². The van der Waals surface area contributed by atoms with Crippen molar-refractivity contribution in [3.8, 4) is 0 Å². The van der Waals surface area contributed by atoms with Gasteiger partial charge in [0.05, 0.1) is 0 Å². The van der Waals surface area contributed by atoms with Crippen LogP contribution in [-0.4, -0.2) is 0 Å². The lowest BCUT2D eigenvalue weighted by molar-refractivity contribution is 0.967. The van der Waals surface area contributed by atoms with Gasteiger partial charge in [-0.3, -0.25) is 0 Å². The third-order valence-electron chi connectivity index (χ3n) is 6.61. The molecule has 0 aliphatic rings. The van der Waals surface area contributed by atoms with Crippen molar-refractivity contribution in [3.05, 3.63) is 159 Å². The van der Waals surface area contributed by atoms with E-state index in [0.717, 1.165) is 12.8 Å². The quantitative estimate of drug-likeness (QED) is 0.175. The van der Waals surface area contributed by atoms with Crippen LogP contribution in [0.5, 0.6) is 0 Å². The monoisotopic (exact) mass is 532 g/mol. The van der Waals surface area contributed by atoms with Gasteiger partial charge in [0.1, 0.15) is 0 Å². The maximum Gasteiger partial charge on any atom is -0.0195 e. The lowest BCUT2D eigenvalue weighted by atomic mass is 9.97. The largest absolute Gasteiger partial charge is 0.0856 e. The minimum Gasteiger partial charge on any atom is -0.0856 e. The van der Waals surface area contributed by atoms with Crippen LogP contribution in [0.25, 0.3) is 6.08 Å². The van der Waals surface area contributed by atoms with Gasteiger partial charge in [0.15, 0.2) is 0 Å². The van der Waals surface area contributed by atoms with Gasteiger partial charge in [-0.25, -0.2) is 0 Å². The van der Waals surface area contributed by atoms with E-state index in [4.69, 9.17) is 0 Å². The summed E-state index contributed by atoms with van der Waals surface area (Å²) in [5, 5.41) is 0. The van der Waals surface area contributed by atoms with Gasteiger partial charge in [-0.1, -0.05) is 143 Å². The van der Waals surface area contributed by atoms with Gasteiger partial charge in [-0.15, -0.1) is 0 Å². The van der Waals surface area contributed by atoms with Crippen molar-refractivity contribution in [2.24, 2.45) is 0 Å². The van der Waals surface area contributed by atoms with Gasteiger partial charge in [-0.05, 0) is 104 Å². The van der Waals surface area contributed by atoms with Crippen LogP contribution in [0.2, 0.25) is 0 Å². The number of benzene rings is 1. The van der Waals surface area contributed by atoms with Crippen molar-refractivity contribution in [1.29, 1.82) is 0 Å². The van der Waals surface area contributed by atoms with Crippen LogP contribution in [0.4, 0.5) is 0 Å². The summed E-state index contributed by atoms with van der Waals surface area (Å²) in [4.78, 5) is 0. The zero-order chi connectivity index (χ0) is 29.9. The fraction of sp³-hybridized carbons (Fsp3) is 0.300. The Morgan fingerprint density at radius 2 is 1.00 bits per heavy atom. The third-order valence-corrected chi connectivity index (χ3v) is 6.61. The van der Waals surface area contributed by atoms with Crippen LogP contribution < -0.4 is 0 Å². The second-order valence-electron chi connectivity index (χ2n) is 11.0.